The van der Waals surface area contributed by atoms with Crippen molar-refractivity contribution in [3.8, 4) is 0 Å². The summed E-state index contributed by atoms with van der Waals surface area (Å²) in [6.07, 6.45) is 0.867. The van der Waals surface area contributed by atoms with Gasteiger partial charge < -0.3 is 5.73 Å². The van der Waals surface area contributed by atoms with Gasteiger partial charge in [0.05, 0.1) is 11.0 Å². The van der Waals surface area contributed by atoms with E-state index in [4.69, 9.17) is 5.73 Å². The third kappa shape index (κ3) is 1.93. The van der Waals surface area contributed by atoms with Crippen LogP contribution in [0.4, 0.5) is 5.95 Å². The fraction of sp³-hybridized carbons (Fsp3) is 0.357. The molecule has 0 spiro atoms. The van der Waals surface area contributed by atoms with Gasteiger partial charge in [-0.3, -0.25) is 19.5 Å². The van der Waals surface area contributed by atoms with Gasteiger partial charge in [0.15, 0.2) is 0 Å². The zero-order chi connectivity index (χ0) is 14.3. The molecule has 0 aliphatic carbocycles. The number of benzene rings is 1. The molecule has 2 aromatic rings. The van der Waals surface area contributed by atoms with E-state index in [0.29, 0.717) is 12.4 Å². The molecule has 3 rings (SSSR count). The number of carbonyl (C=O) groups is 2. The standard InChI is InChI=1S/C14H16N4O2/c1-8(6-7-11(15)19)12-13(20)17-14-16-9-4-2-3-5-10(9)18(12)14/h2-5,8,12H,6-7H2,1H3,(H2,15,19)(H,16,17,20). The van der Waals surface area contributed by atoms with Gasteiger partial charge in [-0.1, -0.05) is 19.1 Å². The summed E-state index contributed by atoms with van der Waals surface area (Å²) in [7, 11) is 0. The van der Waals surface area contributed by atoms with Crippen molar-refractivity contribution in [1.29, 1.82) is 0 Å². The molecule has 1 aliphatic rings. The summed E-state index contributed by atoms with van der Waals surface area (Å²) in [5.74, 6) is 0.176. The van der Waals surface area contributed by atoms with Crippen molar-refractivity contribution in [2.45, 2.75) is 25.8 Å². The van der Waals surface area contributed by atoms with Crippen molar-refractivity contribution in [2.24, 2.45) is 11.7 Å². The number of aromatic nitrogens is 2. The first-order valence-electron chi connectivity index (χ1n) is 6.64. The molecule has 0 bridgehead atoms. The molecule has 2 atom stereocenters. The first-order chi connectivity index (χ1) is 9.58. The molecule has 3 N–H and O–H groups in total. The number of imidazole rings is 1. The van der Waals surface area contributed by atoms with Crippen LogP contribution in [0.2, 0.25) is 0 Å². The van der Waals surface area contributed by atoms with E-state index in [-0.39, 0.29) is 30.2 Å². The normalized spacial score (nSPS) is 18.9. The third-order valence-corrected chi connectivity index (χ3v) is 3.76. The number of nitrogens with zero attached hydrogens (tertiary/aromatic N) is 2. The second-order valence-corrected chi connectivity index (χ2v) is 5.21. The molecule has 1 aromatic heterocycles. The quantitative estimate of drug-likeness (QED) is 0.882. The molecular formula is C14H16N4O2. The Hall–Kier alpha value is -2.37. The number of amides is 2. The van der Waals surface area contributed by atoms with Crippen LogP contribution >= 0.6 is 0 Å². The molecule has 6 nitrogen and oxygen atoms in total. The Bertz CT molecular complexity index is 692. The maximum Gasteiger partial charge on any atom is 0.250 e. The van der Waals surface area contributed by atoms with Gasteiger partial charge in [0.1, 0.15) is 6.04 Å². The average molecular weight is 272 g/mol. The highest BCUT2D eigenvalue weighted by atomic mass is 16.2. The second-order valence-electron chi connectivity index (χ2n) is 5.21. The van der Waals surface area contributed by atoms with Crippen molar-refractivity contribution in [3.63, 3.8) is 0 Å². The number of carbonyl (C=O) groups excluding carboxylic acids is 2. The van der Waals surface area contributed by atoms with Crippen LogP contribution < -0.4 is 11.1 Å². The van der Waals surface area contributed by atoms with Crippen LogP contribution in [0.3, 0.4) is 0 Å². The lowest BCUT2D eigenvalue weighted by Gasteiger charge is -2.19. The zero-order valence-electron chi connectivity index (χ0n) is 11.2. The van der Waals surface area contributed by atoms with E-state index in [1.165, 1.54) is 0 Å². The molecule has 2 amide bonds. The van der Waals surface area contributed by atoms with E-state index in [2.05, 4.69) is 10.3 Å². The topological polar surface area (TPSA) is 90.0 Å². The third-order valence-electron chi connectivity index (χ3n) is 3.76. The Balaban J connectivity index is 1.97. The number of hydrogen-bond donors (Lipinski definition) is 2. The average Bonchev–Trinajstić information content (AvgIpc) is 2.90. The summed E-state index contributed by atoms with van der Waals surface area (Å²) >= 11 is 0. The van der Waals surface area contributed by atoms with E-state index in [1.807, 2.05) is 35.8 Å². The van der Waals surface area contributed by atoms with Crippen LogP contribution in [0.1, 0.15) is 25.8 Å². The SMILES string of the molecule is CC(CCC(N)=O)C1C(=O)Nc2nc3ccccc3n21. The number of nitrogens with one attached hydrogen (secondary N) is 1. The lowest BCUT2D eigenvalue weighted by molar-refractivity contribution is -0.121. The predicted octanol–water partition coefficient (Wildman–Crippen LogP) is 1.43. The summed E-state index contributed by atoms with van der Waals surface area (Å²) in [4.78, 5) is 27.5. The first kappa shape index (κ1) is 12.7. The number of anilines is 1. The minimum atomic E-state index is -0.342. The largest absolute Gasteiger partial charge is 0.370 e. The van der Waals surface area contributed by atoms with Gasteiger partial charge in [0, 0.05) is 6.42 Å². The van der Waals surface area contributed by atoms with Gasteiger partial charge in [0.25, 0.3) is 0 Å². The lowest BCUT2D eigenvalue weighted by atomic mass is 9.96. The molecule has 0 saturated heterocycles. The molecule has 1 aliphatic heterocycles. The van der Waals surface area contributed by atoms with Gasteiger partial charge in [0.2, 0.25) is 17.8 Å². The van der Waals surface area contributed by atoms with E-state index in [1.54, 1.807) is 0 Å². The molecule has 1 aromatic carbocycles. The molecule has 2 unspecified atom stereocenters. The molecule has 104 valence electrons. The predicted molar refractivity (Wildman–Crippen MR) is 75.0 cm³/mol. The maximum absolute atomic E-state index is 12.1. The van der Waals surface area contributed by atoms with Crippen LogP contribution in [-0.4, -0.2) is 21.4 Å². The Kier molecular flexibility index (Phi) is 2.93. The van der Waals surface area contributed by atoms with Crippen molar-refractivity contribution in [3.05, 3.63) is 24.3 Å². The van der Waals surface area contributed by atoms with Crippen LogP contribution in [0.5, 0.6) is 0 Å². The van der Waals surface area contributed by atoms with Crippen LogP contribution in [0.15, 0.2) is 24.3 Å². The number of rotatable bonds is 4. The molecule has 6 heteroatoms. The highest BCUT2D eigenvalue weighted by molar-refractivity contribution is 6.00. The highest BCUT2D eigenvalue weighted by Gasteiger charge is 2.36. The van der Waals surface area contributed by atoms with Gasteiger partial charge in [-0.2, -0.15) is 0 Å². The van der Waals surface area contributed by atoms with Gasteiger partial charge in [-0.25, -0.2) is 4.98 Å². The number of primary amides is 1. The number of fused-ring (bicyclic) bond motifs is 3. The Labute approximate surface area is 116 Å². The summed E-state index contributed by atoms with van der Waals surface area (Å²) < 4.78 is 1.92. The fourth-order valence-electron chi connectivity index (χ4n) is 2.76. The Morgan fingerprint density at radius 2 is 2.25 bits per heavy atom. The van der Waals surface area contributed by atoms with Crippen LogP contribution in [0, 0.1) is 5.92 Å². The van der Waals surface area contributed by atoms with Crippen molar-refractivity contribution >= 4 is 28.8 Å². The maximum atomic E-state index is 12.1. The van der Waals surface area contributed by atoms with Crippen molar-refractivity contribution in [1.82, 2.24) is 9.55 Å². The molecule has 20 heavy (non-hydrogen) atoms. The number of hydrogen-bond acceptors (Lipinski definition) is 3. The van der Waals surface area contributed by atoms with Crippen molar-refractivity contribution in [2.75, 3.05) is 5.32 Å². The fourth-order valence-corrected chi connectivity index (χ4v) is 2.76. The minimum Gasteiger partial charge on any atom is -0.370 e. The Morgan fingerprint density at radius 3 is 3.00 bits per heavy atom. The lowest BCUT2D eigenvalue weighted by Crippen LogP contribution is -2.24. The molecular weight excluding hydrogens is 256 g/mol. The number of para-hydroxylation sites is 2. The molecule has 0 radical (unpaired) electrons. The summed E-state index contributed by atoms with van der Waals surface area (Å²) in [6.45, 7) is 1.96. The van der Waals surface area contributed by atoms with Crippen molar-refractivity contribution < 1.29 is 9.59 Å². The van der Waals surface area contributed by atoms with Crippen LogP contribution in [-0.2, 0) is 9.59 Å². The molecule has 2 heterocycles. The smallest absolute Gasteiger partial charge is 0.250 e. The van der Waals surface area contributed by atoms with E-state index in [0.717, 1.165) is 11.0 Å². The number of nitrogens with two attached hydrogens (primary N) is 1. The molecule has 0 fully saturated rings. The monoisotopic (exact) mass is 272 g/mol. The summed E-state index contributed by atoms with van der Waals surface area (Å²) in [5, 5.41) is 2.80. The molecule has 0 saturated carbocycles. The second kappa shape index (κ2) is 4.63. The van der Waals surface area contributed by atoms with E-state index in [9.17, 15) is 9.59 Å². The zero-order valence-corrected chi connectivity index (χ0v) is 11.2. The first-order valence-corrected chi connectivity index (χ1v) is 6.64. The van der Waals surface area contributed by atoms with Gasteiger partial charge in [-0.05, 0) is 24.5 Å². The summed E-state index contributed by atoms with van der Waals surface area (Å²) in [5.41, 5.74) is 6.96. The summed E-state index contributed by atoms with van der Waals surface area (Å²) in [6, 6.07) is 7.36. The van der Waals surface area contributed by atoms with Crippen LogP contribution in [0.25, 0.3) is 11.0 Å². The van der Waals surface area contributed by atoms with Gasteiger partial charge >= 0.3 is 0 Å². The Morgan fingerprint density at radius 1 is 1.50 bits per heavy atom. The van der Waals surface area contributed by atoms with Gasteiger partial charge in [-0.15, -0.1) is 0 Å². The minimum absolute atomic E-state index is 0.0151. The highest BCUT2D eigenvalue weighted by Crippen LogP contribution is 2.35. The van der Waals surface area contributed by atoms with E-state index >= 15 is 0 Å². The van der Waals surface area contributed by atoms with E-state index < -0.39 is 0 Å².